The summed E-state index contributed by atoms with van der Waals surface area (Å²) in [6, 6.07) is 9.71. The molecule has 0 spiro atoms. The van der Waals surface area contributed by atoms with Gasteiger partial charge in [-0.25, -0.2) is 0 Å². The molecule has 0 bridgehead atoms. The van der Waals surface area contributed by atoms with Crippen molar-refractivity contribution in [3.05, 3.63) is 41.5 Å². The molecule has 0 atom stereocenters. The normalized spacial score (nSPS) is 10.0. The Kier molecular flexibility index (Phi) is 3.37. The zero-order valence-electron chi connectivity index (χ0n) is 6.50. The van der Waals surface area contributed by atoms with Gasteiger partial charge >= 0.3 is 0 Å². The van der Waals surface area contributed by atoms with E-state index in [0.29, 0.717) is 5.88 Å². The molecule has 0 saturated carbocycles. The van der Waals surface area contributed by atoms with Crippen molar-refractivity contribution >= 4 is 17.7 Å². The van der Waals surface area contributed by atoms with E-state index in [1.54, 1.807) is 6.08 Å². The van der Waals surface area contributed by atoms with Crippen LogP contribution in [-0.2, 0) is 5.88 Å². The molecule has 1 rings (SSSR count). The lowest BCUT2D eigenvalue weighted by molar-refractivity contribution is 1.39. The second-order valence-corrected chi connectivity index (χ2v) is 2.61. The number of rotatable bonds is 2. The molecule has 60 valence electrons. The Hall–Kier alpha value is -1.26. The molecular formula is C10H8ClN. The number of benzene rings is 1. The molecule has 2 heteroatoms. The summed E-state index contributed by atoms with van der Waals surface area (Å²) in [5.74, 6) is 0.508. The molecule has 1 nitrogen and oxygen atoms in total. The van der Waals surface area contributed by atoms with Crippen LogP contribution in [0.4, 0.5) is 0 Å². The molecule has 0 aliphatic heterocycles. The van der Waals surface area contributed by atoms with E-state index in [1.165, 1.54) is 6.08 Å². The third-order valence-electron chi connectivity index (χ3n) is 1.46. The van der Waals surface area contributed by atoms with Crippen LogP contribution < -0.4 is 0 Å². The predicted octanol–water partition coefficient (Wildman–Crippen LogP) is 2.96. The van der Waals surface area contributed by atoms with E-state index in [-0.39, 0.29) is 0 Å². The maximum atomic E-state index is 8.29. The monoisotopic (exact) mass is 177 g/mol. The highest BCUT2D eigenvalue weighted by Gasteiger charge is 1.89. The molecule has 0 amide bonds. The van der Waals surface area contributed by atoms with Crippen molar-refractivity contribution in [2.75, 3.05) is 0 Å². The zero-order valence-corrected chi connectivity index (χ0v) is 7.25. The van der Waals surface area contributed by atoms with Crippen molar-refractivity contribution in [1.82, 2.24) is 0 Å². The Morgan fingerprint density at radius 1 is 1.50 bits per heavy atom. The number of allylic oxidation sites excluding steroid dienone is 1. The van der Waals surface area contributed by atoms with Crippen LogP contribution in [0.15, 0.2) is 30.3 Å². The first-order valence-electron chi connectivity index (χ1n) is 3.58. The van der Waals surface area contributed by atoms with Crippen LogP contribution in [0.3, 0.4) is 0 Å². The van der Waals surface area contributed by atoms with Crippen LogP contribution in [0.5, 0.6) is 0 Å². The van der Waals surface area contributed by atoms with Crippen molar-refractivity contribution in [2.24, 2.45) is 0 Å². The summed E-state index contributed by atoms with van der Waals surface area (Å²) in [6.07, 6.45) is 3.21. The smallest absolute Gasteiger partial charge is 0.0912 e. The molecule has 0 aliphatic carbocycles. The molecule has 0 aliphatic rings. The molecule has 0 saturated heterocycles. The van der Waals surface area contributed by atoms with Crippen molar-refractivity contribution < 1.29 is 0 Å². The number of nitriles is 1. The molecule has 1 aromatic rings. The van der Waals surface area contributed by atoms with Crippen molar-refractivity contribution in [2.45, 2.75) is 5.88 Å². The SMILES string of the molecule is N#CC=Cc1cccc(CCl)c1. The van der Waals surface area contributed by atoms with Gasteiger partial charge < -0.3 is 0 Å². The van der Waals surface area contributed by atoms with Crippen LogP contribution in [0.25, 0.3) is 6.08 Å². The van der Waals surface area contributed by atoms with E-state index in [2.05, 4.69) is 0 Å². The van der Waals surface area contributed by atoms with Gasteiger partial charge in [-0.15, -0.1) is 11.6 Å². The van der Waals surface area contributed by atoms with Gasteiger partial charge in [0.25, 0.3) is 0 Å². The third-order valence-corrected chi connectivity index (χ3v) is 1.76. The fourth-order valence-electron chi connectivity index (χ4n) is 0.913. The Balaban J connectivity index is 2.88. The zero-order chi connectivity index (χ0) is 8.81. The van der Waals surface area contributed by atoms with Gasteiger partial charge in [0.05, 0.1) is 6.07 Å². The first-order chi connectivity index (χ1) is 5.86. The maximum Gasteiger partial charge on any atom is 0.0912 e. The number of nitrogens with zero attached hydrogens (tertiary/aromatic N) is 1. The van der Waals surface area contributed by atoms with Gasteiger partial charge in [0, 0.05) is 12.0 Å². The summed E-state index contributed by atoms with van der Waals surface area (Å²) >= 11 is 5.64. The van der Waals surface area contributed by atoms with Crippen LogP contribution in [0.1, 0.15) is 11.1 Å². The number of hydrogen-bond donors (Lipinski definition) is 0. The summed E-state index contributed by atoms with van der Waals surface area (Å²) in [6.45, 7) is 0. The average Bonchev–Trinajstić information content (AvgIpc) is 2.15. The topological polar surface area (TPSA) is 23.8 Å². The van der Waals surface area contributed by atoms with Crippen LogP contribution in [0, 0.1) is 11.3 Å². The number of alkyl halides is 1. The minimum atomic E-state index is 0.508. The molecule has 0 aromatic heterocycles. The molecule has 0 heterocycles. The van der Waals surface area contributed by atoms with E-state index < -0.39 is 0 Å². The fourth-order valence-corrected chi connectivity index (χ4v) is 1.08. The van der Waals surface area contributed by atoms with Crippen LogP contribution in [0.2, 0.25) is 0 Å². The Morgan fingerprint density at radius 2 is 2.33 bits per heavy atom. The van der Waals surface area contributed by atoms with E-state index in [0.717, 1.165) is 11.1 Å². The van der Waals surface area contributed by atoms with E-state index >= 15 is 0 Å². The predicted molar refractivity (Wildman–Crippen MR) is 50.6 cm³/mol. The first kappa shape index (κ1) is 8.83. The summed E-state index contributed by atoms with van der Waals surface area (Å²) in [7, 11) is 0. The lowest BCUT2D eigenvalue weighted by atomic mass is 10.1. The van der Waals surface area contributed by atoms with Crippen molar-refractivity contribution in [3.8, 4) is 6.07 Å². The standard InChI is InChI=1S/C10H8ClN/c11-8-10-4-1-3-9(7-10)5-2-6-12/h1-5,7H,8H2. The molecule has 12 heavy (non-hydrogen) atoms. The maximum absolute atomic E-state index is 8.29. The first-order valence-corrected chi connectivity index (χ1v) is 4.11. The summed E-state index contributed by atoms with van der Waals surface area (Å²) in [4.78, 5) is 0. The molecule has 0 radical (unpaired) electrons. The van der Waals surface area contributed by atoms with Crippen molar-refractivity contribution in [1.29, 1.82) is 5.26 Å². The molecule has 0 fully saturated rings. The lowest BCUT2D eigenvalue weighted by Gasteiger charge is -1.95. The third kappa shape index (κ3) is 2.41. The van der Waals surface area contributed by atoms with Gasteiger partial charge in [0.2, 0.25) is 0 Å². The van der Waals surface area contributed by atoms with E-state index in [4.69, 9.17) is 16.9 Å². The summed E-state index contributed by atoms with van der Waals surface area (Å²) in [5.41, 5.74) is 2.08. The Labute approximate surface area is 76.9 Å². The van der Waals surface area contributed by atoms with Crippen LogP contribution >= 0.6 is 11.6 Å². The summed E-state index contributed by atoms with van der Waals surface area (Å²) in [5, 5.41) is 8.29. The second-order valence-electron chi connectivity index (χ2n) is 2.34. The lowest BCUT2D eigenvalue weighted by Crippen LogP contribution is -1.78. The Morgan fingerprint density at radius 3 is 3.00 bits per heavy atom. The number of hydrogen-bond acceptors (Lipinski definition) is 1. The quantitative estimate of drug-likeness (QED) is 0.503. The van der Waals surface area contributed by atoms with Gasteiger partial charge in [0.1, 0.15) is 0 Å². The molecule has 0 unspecified atom stereocenters. The highest BCUT2D eigenvalue weighted by Crippen LogP contribution is 2.08. The Bertz CT molecular complexity index is 323. The van der Waals surface area contributed by atoms with E-state index in [9.17, 15) is 0 Å². The van der Waals surface area contributed by atoms with Crippen molar-refractivity contribution in [3.63, 3.8) is 0 Å². The van der Waals surface area contributed by atoms with Gasteiger partial charge in [-0.1, -0.05) is 24.3 Å². The molecule has 1 aromatic carbocycles. The van der Waals surface area contributed by atoms with Gasteiger partial charge in [0.15, 0.2) is 0 Å². The second kappa shape index (κ2) is 4.58. The summed E-state index contributed by atoms with van der Waals surface area (Å²) < 4.78 is 0. The largest absolute Gasteiger partial charge is 0.193 e. The average molecular weight is 178 g/mol. The minimum Gasteiger partial charge on any atom is -0.193 e. The number of halogens is 1. The van der Waals surface area contributed by atoms with Gasteiger partial charge in [-0.3, -0.25) is 0 Å². The highest BCUT2D eigenvalue weighted by molar-refractivity contribution is 6.17. The fraction of sp³-hybridized carbons (Fsp3) is 0.100. The minimum absolute atomic E-state index is 0.508. The van der Waals surface area contributed by atoms with E-state index in [1.807, 2.05) is 30.3 Å². The van der Waals surface area contributed by atoms with Gasteiger partial charge in [-0.2, -0.15) is 5.26 Å². The van der Waals surface area contributed by atoms with Gasteiger partial charge in [-0.05, 0) is 17.2 Å². The molecular weight excluding hydrogens is 170 g/mol. The highest BCUT2D eigenvalue weighted by atomic mass is 35.5. The van der Waals surface area contributed by atoms with Crippen LogP contribution in [-0.4, -0.2) is 0 Å². The molecule has 0 N–H and O–H groups in total.